The molecule has 4 N–H and O–H groups in total. The van der Waals surface area contributed by atoms with Crippen molar-refractivity contribution in [3.05, 3.63) is 65.2 Å². The average Bonchev–Trinajstić information content (AvgIpc) is 2.88. The summed E-state index contributed by atoms with van der Waals surface area (Å²) in [5, 5.41) is 6.02. The smallest absolute Gasteiger partial charge is 0.410 e. The topological polar surface area (TPSA) is 169 Å². The number of carbonyl (C=O) groups is 3. The maximum Gasteiger partial charge on any atom is 0.410 e. The van der Waals surface area contributed by atoms with Crippen molar-refractivity contribution in [2.45, 2.75) is 42.8 Å². The second kappa shape index (κ2) is 13.9. The Hall–Kier alpha value is -3.68. The largest absolute Gasteiger partial charge is 0.468 e. The van der Waals surface area contributed by atoms with Crippen LogP contribution in [0.1, 0.15) is 35.6 Å². The number of amides is 2. The van der Waals surface area contributed by atoms with Gasteiger partial charge in [-0.15, -0.1) is 12.4 Å². The molecule has 1 saturated heterocycles. The minimum atomic E-state index is -4.06. The first kappa shape index (κ1) is 31.5. The van der Waals surface area contributed by atoms with Crippen molar-refractivity contribution < 1.29 is 32.3 Å². The van der Waals surface area contributed by atoms with Gasteiger partial charge < -0.3 is 25.5 Å². The van der Waals surface area contributed by atoms with Gasteiger partial charge in [0, 0.05) is 20.0 Å². The summed E-state index contributed by atoms with van der Waals surface area (Å²) in [7, 11) is -1.33. The van der Waals surface area contributed by atoms with E-state index in [1.807, 2.05) is 24.3 Å². The number of methoxy groups -OCH3 is 1. The fraction of sp³-hybridized carbons (Fsp3) is 0.360. The number of aryl methyl sites for hydroxylation is 1. The van der Waals surface area contributed by atoms with Crippen molar-refractivity contribution in [2.24, 2.45) is 10.9 Å². The number of nitrogens with two attached hydrogens (primary N) is 1. The summed E-state index contributed by atoms with van der Waals surface area (Å²) in [4.78, 5) is 38.8. The van der Waals surface area contributed by atoms with Crippen molar-refractivity contribution in [2.75, 3.05) is 20.7 Å². The van der Waals surface area contributed by atoms with Crippen LogP contribution in [0, 0.1) is 6.92 Å². The highest BCUT2D eigenvalue weighted by Crippen LogP contribution is 2.31. The molecular weight excluding hydrogens is 550 g/mol. The molecule has 1 fully saturated rings. The van der Waals surface area contributed by atoms with Crippen LogP contribution < -0.4 is 15.9 Å². The zero-order chi connectivity index (χ0) is 27.9. The molecule has 12 nitrogen and oxygen atoms in total. The SMILES string of the molecule is COC(=O)[C@H](CNC(=O)C[C@@H]1C[C@H](c2ccc(C=NN)cc2)N(C)C(=O)O1)NS(=O)(=O)c1cccc(C)c1.Cl. The van der Waals surface area contributed by atoms with Gasteiger partial charge in [-0.1, -0.05) is 36.4 Å². The number of carbonyl (C=O) groups excluding carboxylic acids is 3. The second-order valence-electron chi connectivity index (χ2n) is 8.83. The summed E-state index contributed by atoms with van der Waals surface area (Å²) in [6.45, 7) is 1.38. The zero-order valence-corrected chi connectivity index (χ0v) is 23.3. The van der Waals surface area contributed by atoms with E-state index in [-0.39, 0.29) is 36.3 Å². The lowest BCUT2D eigenvalue weighted by Crippen LogP contribution is -2.49. The molecule has 0 spiro atoms. The van der Waals surface area contributed by atoms with Gasteiger partial charge in [0.15, 0.2) is 0 Å². The van der Waals surface area contributed by atoms with Gasteiger partial charge >= 0.3 is 12.1 Å². The second-order valence-corrected chi connectivity index (χ2v) is 10.5. The highest BCUT2D eigenvalue weighted by atomic mass is 35.5. The van der Waals surface area contributed by atoms with Crippen LogP contribution in [0.15, 0.2) is 58.5 Å². The van der Waals surface area contributed by atoms with Crippen LogP contribution in [-0.2, 0) is 29.1 Å². The highest BCUT2D eigenvalue weighted by Gasteiger charge is 2.35. The van der Waals surface area contributed by atoms with Crippen molar-refractivity contribution in [3.63, 3.8) is 0 Å². The zero-order valence-electron chi connectivity index (χ0n) is 21.7. The molecule has 212 valence electrons. The molecule has 0 radical (unpaired) electrons. The third-order valence-corrected chi connectivity index (χ3v) is 7.52. The van der Waals surface area contributed by atoms with E-state index in [9.17, 15) is 22.8 Å². The molecule has 0 unspecified atom stereocenters. The predicted molar refractivity (Wildman–Crippen MR) is 146 cm³/mol. The van der Waals surface area contributed by atoms with Crippen LogP contribution in [0.4, 0.5) is 4.79 Å². The number of hydrazone groups is 1. The predicted octanol–water partition coefficient (Wildman–Crippen LogP) is 1.62. The van der Waals surface area contributed by atoms with Gasteiger partial charge in [0.1, 0.15) is 12.1 Å². The van der Waals surface area contributed by atoms with Crippen LogP contribution in [0.2, 0.25) is 0 Å². The molecule has 1 aliphatic rings. The molecule has 2 aromatic carbocycles. The van der Waals surface area contributed by atoms with Crippen LogP contribution >= 0.6 is 12.4 Å². The standard InChI is InChI=1S/C25H31N5O7S.ClH/c1-16-5-4-6-20(11-16)38(34,35)29-21(24(32)36-3)15-27-23(31)13-19-12-22(30(2)25(33)37-19)18-9-7-17(8-10-18)14-28-26;/h4-11,14,19,21-22,29H,12-13,15,26H2,1-3H3,(H,27,31);1H/t19-,21-,22+;/m0./s1. The first-order valence-electron chi connectivity index (χ1n) is 11.7. The maximum absolute atomic E-state index is 12.8. The van der Waals surface area contributed by atoms with E-state index in [0.717, 1.165) is 23.8 Å². The quantitative estimate of drug-likeness (QED) is 0.164. The average molecular weight is 582 g/mol. The van der Waals surface area contributed by atoms with Gasteiger partial charge in [-0.05, 0) is 35.7 Å². The normalized spacial score (nSPS) is 18.1. The molecule has 0 bridgehead atoms. The van der Waals surface area contributed by atoms with Gasteiger partial charge in [-0.2, -0.15) is 9.82 Å². The van der Waals surface area contributed by atoms with Gasteiger partial charge in [-0.25, -0.2) is 13.2 Å². The molecule has 3 atom stereocenters. The van der Waals surface area contributed by atoms with Crippen molar-refractivity contribution in [1.82, 2.24) is 14.9 Å². The minimum Gasteiger partial charge on any atom is -0.468 e. The van der Waals surface area contributed by atoms with Gasteiger partial charge in [0.2, 0.25) is 15.9 Å². The number of nitrogens with one attached hydrogen (secondary N) is 2. The van der Waals surface area contributed by atoms with Crippen LogP contribution in [0.25, 0.3) is 0 Å². The third kappa shape index (κ3) is 8.40. The number of sulfonamides is 1. The monoisotopic (exact) mass is 581 g/mol. The summed E-state index contributed by atoms with van der Waals surface area (Å²) in [6, 6.07) is 11.8. The molecule has 1 aliphatic heterocycles. The lowest BCUT2D eigenvalue weighted by Gasteiger charge is -2.36. The van der Waals surface area contributed by atoms with Gasteiger partial charge in [-0.3, -0.25) is 9.59 Å². The number of rotatable bonds is 10. The van der Waals surface area contributed by atoms with Gasteiger partial charge in [0.25, 0.3) is 0 Å². The number of ether oxygens (including phenoxy) is 2. The van der Waals surface area contributed by atoms with Crippen LogP contribution in [-0.4, -0.2) is 70.4 Å². The fourth-order valence-corrected chi connectivity index (χ4v) is 5.32. The summed E-state index contributed by atoms with van der Waals surface area (Å²) < 4.78 is 37.9. The van der Waals surface area contributed by atoms with Crippen molar-refractivity contribution >= 4 is 46.6 Å². The van der Waals surface area contributed by atoms with E-state index in [0.29, 0.717) is 6.42 Å². The molecular formula is C25H32ClN5O7S. The summed E-state index contributed by atoms with van der Waals surface area (Å²) >= 11 is 0. The summed E-state index contributed by atoms with van der Waals surface area (Å²) in [6.07, 6.45) is 0.366. The Bertz CT molecular complexity index is 1300. The first-order valence-corrected chi connectivity index (χ1v) is 13.2. The fourth-order valence-electron chi connectivity index (χ4n) is 4.03. The molecule has 0 saturated carbocycles. The van der Waals surface area contributed by atoms with E-state index >= 15 is 0 Å². The molecule has 0 aromatic heterocycles. The number of benzene rings is 2. The number of halogens is 1. The number of nitrogens with zero attached hydrogens (tertiary/aromatic N) is 2. The Kier molecular flexibility index (Phi) is 11.3. The van der Waals surface area contributed by atoms with E-state index in [1.54, 1.807) is 26.1 Å². The highest BCUT2D eigenvalue weighted by molar-refractivity contribution is 7.89. The molecule has 1 heterocycles. The Morgan fingerprint density at radius 2 is 1.95 bits per heavy atom. The van der Waals surface area contributed by atoms with Crippen LogP contribution in [0.5, 0.6) is 0 Å². The van der Waals surface area contributed by atoms with Crippen LogP contribution in [0.3, 0.4) is 0 Å². The van der Waals surface area contributed by atoms with Crippen molar-refractivity contribution in [1.29, 1.82) is 0 Å². The summed E-state index contributed by atoms with van der Waals surface area (Å²) in [5.74, 6) is 3.79. The minimum absolute atomic E-state index is 0. The Morgan fingerprint density at radius 3 is 2.56 bits per heavy atom. The Morgan fingerprint density at radius 1 is 1.26 bits per heavy atom. The molecule has 14 heteroatoms. The molecule has 3 rings (SSSR count). The Balaban J connectivity index is 0.00000533. The number of hydrogen-bond donors (Lipinski definition) is 3. The lowest BCUT2D eigenvalue weighted by atomic mass is 9.96. The van der Waals surface area contributed by atoms with Gasteiger partial charge in [0.05, 0.1) is 30.7 Å². The lowest BCUT2D eigenvalue weighted by molar-refractivity contribution is -0.142. The van der Waals surface area contributed by atoms with E-state index in [1.165, 1.54) is 23.2 Å². The summed E-state index contributed by atoms with van der Waals surface area (Å²) in [5.41, 5.74) is 2.37. The van der Waals surface area contributed by atoms with E-state index < -0.39 is 40.1 Å². The first-order chi connectivity index (χ1) is 18.0. The molecule has 2 amide bonds. The van der Waals surface area contributed by atoms with E-state index in [4.69, 9.17) is 15.3 Å². The molecule has 0 aliphatic carbocycles. The number of esters is 1. The number of cyclic esters (lactones) is 1. The molecule has 39 heavy (non-hydrogen) atoms. The number of hydrogen-bond acceptors (Lipinski definition) is 9. The Labute approximate surface area is 233 Å². The third-order valence-electron chi connectivity index (χ3n) is 6.05. The molecule has 2 aromatic rings. The van der Waals surface area contributed by atoms with E-state index in [2.05, 4.69) is 15.1 Å². The van der Waals surface area contributed by atoms with Crippen molar-refractivity contribution in [3.8, 4) is 0 Å². The maximum atomic E-state index is 12.8.